The van der Waals surface area contributed by atoms with Crippen molar-refractivity contribution in [3.63, 3.8) is 0 Å². The third kappa shape index (κ3) is 11.4. The maximum Gasteiger partial charge on any atom is 0.342 e. The van der Waals surface area contributed by atoms with Gasteiger partial charge in [0.2, 0.25) is 0 Å². The molecule has 0 spiro atoms. The fourth-order valence-corrected chi connectivity index (χ4v) is 4.88. The number of nitro groups is 2. The van der Waals surface area contributed by atoms with Gasteiger partial charge in [0.05, 0.1) is 23.6 Å². The first-order valence-corrected chi connectivity index (χ1v) is 15.4. The Morgan fingerprint density at radius 1 is 0.932 bits per heavy atom. The third-order valence-electron chi connectivity index (χ3n) is 7.30. The zero-order valence-corrected chi connectivity index (χ0v) is 25.7. The van der Waals surface area contributed by atoms with E-state index in [1.807, 2.05) is 10.9 Å². The Morgan fingerprint density at radius 3 is 2.45 bits per heavy atom. The molecule has 0 atom stereocenters. The van der Waals surface area contributed by atoms with E-state index in [0.717, 1.165) is 57.0 Å². The van der Waals surface area contributed by atoms with Crippen LogP contribution in [0.5, 0.6) is 5.75 Å². The Labute approximate surface area is 257 Å². The smallest absolute Gasteiger partial charge is 0.342 e. The predicted octanol–water partition coefficient (Wildman–Crippen LogP) is 5.93. The molecular weight excluding hydrogens is 570 g/mol. The van der Waals surface area contributed by atoms with Gasteiger partial charge in [0.1, 0.15) is 25.1 Å². The molecule has 0 radical (unpaired) electrons. The zero-order chi connectivity index (χ0) is 31.7. The van der Waals surface area contributed by atoms with Crippen molar-refractivity contribution in [1.82, 2.24) is 24.5 Å². The normalized spacial score (nSPS) is 11.0. The number of unbranched alkanes of at least 4 members (excludes halogenated alkanes) is 8. The lowest BCUT2D eigenvalue weighted by Crippen LogP contribution is -2.15. The van der Waals surface area contributed by atoms with Crippen molar-refractivity contribution < 1.29 is 24.1 Å². The molecule has 44 heavy (non-hydrogen) atoms. The van der Waals surface area contributed by atoms with Crippen LogP contribution in [-0.4, -0.2) is 53.6 Å². The topological polar surface area (TPSA) is 170 Å². The maximum absolute atomic E-state index is 12.4. The van der Waals surface area contributed by atoms with Crippen LogP contribution in [0.15, 0.2) is 30.6 Å². The number of aromatic nitrogens is 5. The van der Waals surface area contributed by atoms with Crippen molar-refractivity contribution in [2.75, 3.05) is 13.2 Å². The van der Waals surface area contributed by atoms with E-state index in [-0.39, 0.29) is 36.6 Å². The number of nitrogens with zero attached hydrogens (tertiary/aromatic N) is 7. The monoisotopic (exact) mass is 613 g/mol. The van der Waals surface area contributed by atoms with Crippen LogP contribution in [0.4, 0.5) is 11.5 Å². The minimum atomic E-state index is -0.687. The largest absolute Gasteiger partial charge is 0.494 e. The lowest BCUT2D eigenvalue weighted by atomic mass is 10.1. The highest BCUT2D eigenvalue weighted by molar-refractivity contribution is 5.74. The Hall–Kier alpha value is -4.36. The Balaban J connectivity index is 1.35. The summed E-state index contributed by atoms with van der Waals surface area (Å²) in [6, 6.07) is 4.31. The van der Waals surface area contributed by atoms with Gasteiger partial charge in [-0.05, 0) is 49.2 Å². The quantitative estimate of drug-likeness (QED) is 0.0572. The van der Waals surface area contributed by atoms with Crippen molar-refractivity contribution >= 4 is 17.5 Å². The third-order valence-corrected chi connectivity index (χ3v) is 7.30. The van der Waals surface area contributed by atoms with Gasteiger partial charge in [-0.25, -0.2) is 9.55 Å². The van der Waals surface area contributed by atoms with E-state index in [9.17, 15) is 25.0 Å². The Bertz CT molecular complexity index is 1360. The molecule has 0 bridgehead atoms. The molecule has 14 nitrogen and oxygen atoms in total. The number of hydrogen-bond donors (Lipinski definition) is 0. The fraction of sp³-hybridized carbons (Fsp3) is 0.600. The molecule has 2 aromatic heterocycles. The zero-order valence-electron chi connectivity index (χ0n) is 25.7. The lowest BCUT2D eigenvalue weighted by molar-refractivity contribution is -0.392. The summed E-state index contributed by atoms with van der Waals surface area (Å²) < 4.78 is 14.2. The van der Waals surface area contributed by atoms with Gasteiger partial charge in [0, 0.05) is 31.3 Å². The SMILES string of the molecule is CCCCCCCCc1cn(CCCCCCOc2ccc([N+](=O)[O-])c(CC(=O)OCCn3c([N+](=O)[O-])cnc3C)c2)nn1. The number of imidazole rings is 1. The summed E-state index contributed by atoms with van der Waals surface area (Å²) in [5.74, 6) is -0.0470. The molecule has 3 rings (SSSR count). The van der Waals surface area contributed by atoms with Gasteiger partial charge in [-0.15, -0.1) is 5.10 Å². The summed E-state index contributed by atoms with van der Waals surface area (Å²) in [5.41, 5.74) is 1.02. The van der Waals surface area contributed by atoms with Crippen LogP contribution in [0.3, 0.4) is 0 Å². The molecule has 0 aliphatic rings. The van der Waals surface area contributed by atoms with E-state index in [1.165, 1.54) is 54.9 Å². The van der Waals surface area contributed by atoms with Crippen LogP contribution in [-0.2, 0) is 35.5 Å². The molecule has 1 aromatic carbocycles. The van der Waals surface area contributed by atoms with Crippen molar-refractivity contribution in [1.29, 1.82) is 0 Å². The van der Waals surface area contributed by atoms with Gasteiger partial charge in [0.15, 0.2) is 5.82 Å². The minimum Gasteiger partial charge on any atom is -0.494 e. The standard InChI is InChI=1S/C30H43N7O7/c1-3-4-5-6-7-10-13-26-23-34(33-32-26)16-11-8-9-12-18-43-27-14-15-28(36(39)40)25(20-27)21-30(38)44-19-17-35-24(2)31-22-29(35)37(41)42/h14-15,20,22-23H,3-13,16-19,21H2,1-2H3. The molecule has 0 amide bonds. The second-order valence-corrected chi connectivity index (χ2v) is 10.8. The van der Waals surface area contributed by atoms with Gasteiger partial charge in [0.25, 0.3) is 5.69 Å². The van der Waals surface area contributed by atoms with Gasteiger partial charge >= 0.3 is 11.8 Å². The van der Waals surface area contributed by atoms with E-state index >= 15 is 0 Å². The first-order chi connectivity index (χ1) is 21.3. The highest BCUT2D eigenvalue weighted by Crippen LogP contribution is 2.25. The van der Waals surface area contributed by atoms with Gasteiger partial charge < -0.3 is 19.6 Å². The molecule has 0 unspecified atom stereocenters. The van der Waals surface area contributed by atoms with E-state index in [2.05, 4.69) is 22.2 Å². The molecule has 0 aliphatic heterocycles. The van der Waals surface area contributed by atoms with Gasteiger partial charge in [-0.3, -0.25) is 19.6 Å². The van der Waals surface area contributed by atoms with Crippen molar-refractivity contribution in [2.24, 2.45) is 0 Å². The number of benzene rings is 1. The summed E-state index contributed by atoms with van der Waals surface area (Å²) in [5, 5.41) is 31.1. The Kier molecular flexibility index (Phi) is 14.2. The number of carbonyl (C=O) groups is 1. The van der Waals surface area contributed by atoms with E-state index in [1.54, 1.807) is 6.92 Å². The average Bonchev–Trinajstić information content (AvgIpc) is 3.60. The van der Waals surface area contributed by atoms with Crippen LogP contribution in [0.25, 0.3) is 0 Å². The van der Waals surface area contributed by atoms with Gasteiger partial charge in [-0.1, -0.05) is 50.7 Å². The predicted molar refractivity (Wildman–Crippen MR) is 162 cm³/mol. The summed E-state index contributed by atoms with van der Waals surface area (Å²) in [6.45, 7) is 5.00. The van der Waals surface area contributed by atoms with Crippen molar-refractivity contribution in [3.8, 4) is 5.75 Å². The highest BCUT2D eigenvalue weighted by atomic mass is 16.6. The first-order valence-electron chi connectivity index (χ1n) is 15.4. The highest BCUT2D eigenvalue weighted by Gasteiger charge is 2.20. The van der Waals surface area contributed by atoms with Crippen LogP contribution in [0.2, 0.25) is 0 Å². The average molecular weight is 614 g/mol. The second kappa shape index (κ2) is 18.3. The number of carbonyl (C=O) groups excluding carboxylic acids is 1. The first kappa shape index (κ1) is 34.1. The number of nitro benzene ring substituents is 1. The molecule has 0 aliphatic carbocycles. The fourth-order valence-electron chi connectivity index (χ4n) is 4.88. The number of rotatable bonds is 22. The molecule has 240 valence electrons. The summed E-state index contributed by atoms with van der Waals surface area (Å²) in [7, 11) is 0. The van der Waals surface area contributed by atoms with E-state index in [0.29, 0.717) is 18.2 Å². The lowest BCUT2D eigenvalue weighted by Gasteiger charge is -2.09. The maximum atomic E-state index is 12.4. The number of ether oxygens (including phenoxy) is 2. The molecule has 0 saturated carbocycles. The summed E-state index contributed by atoms with van der Waals surface area (Å²) >= 11 is 0. The van der Waals surface area contributed by atoms with Crippen LogP contribution in [0.1, 0.15) is 88.2 Å². The molecule has 3 aromatic rings. The minimum absolute atomic E-state index is 0.0399. The molecule has 0 saturated heterocycles. The summed E-state index contributed by atoms with van der Waals surface area (Å²) in [6.07, 6.45) is 15.2. The number of hydrogen-bond acceptors (Lipinski definition) is 10. The molecule has 0 fully saturated rings. The molecule has 14 heteroatoms. The number of esters is 1. The molecule has 2 heterocycles. The van der Waals surface area contributed by atoms with Crippen molar-refractivity contribution in [2.45, 2.75) is 104 Å². The van der Waals surface area contributed by atoms with Gasteiger partial charge in [-0.2, -0.15) is 0 Å². The molecule has 0 N–H and O–H groups in total. The van der Waals surface area contributed by atoms with E-state index in [4.69, 9.17) is 9.47 Å². The molecular formula is C30H43N7O7. The van der Waals surface area contributed by atoms with Crippen LogP contribution in [0, 0.1) is 27.2 Å². The van der Waals surface area contributed by atoms with Crippen LogP contribution >= 0.6 is 0 Å². The van der Waals surface area contributed by atoms with E-state index < -0.39 is 15.8 Å². The Morgan fingerprint density at radius 2 is 1.68 bits per heavy atom. The van der Waals surface area contributed by atoms with Crippen LogP contribution < -0.4 is 4.74 Å². The number of aryl methyl sites for hydroxylation is 3. The van der Waals surface area contributed by atoms with Crippen molar-refractivity contribution in [3.05, 3.63) is 67.9 Å². The summed E-state index contributed by atoms with van der Waals surface area (Å²) in [4.78, 5) is 37.8. The second-order valence-electron chi connectivity index (χ2n) is 10.8.